The lowest BCUT2D eigenvalue weighted by Crippen LogP contribution is -2.33. The molecule has 0 radical (unpaired) electrons. The van der Waals surface area contributed by atoms with Gasteiger partial charge in [-0.2, -0.15) is 18.3 Å². The van der Waals surface area contributed by atoms with Crippen LogP contribution in [0.2, 0.25) is 0 Å². The van der Waals surface area contributed by atoms with E-state index in [1.165, 1.54) is 23.1 Å². The molecule has 1 N–H and O–H groups in total. The largest absolute Gasteiger partial charge is 0.481 e. The Morgan fingerprint density at radius 3 is 2.50 bits per heavy atom. The summed E-state index contributed by atoms with van der Waals surface area (Å²) in [5, 5.41) is 12.3. The maximum Gasteiger partial charge on any atom is 0.417 e. The van der Waals surface area contributed by atoms with Gasteiger partial charge >= 0.3 is 12.1 Å². The topological polar surface area (TPSA) is 108 Å². The summed E-state index contributed by atoms with van der Waals surface area (Å²) in [6.07, 6.45) is -2.58. The Hall–Kier alpha value is -2.44. The third-order valence-corrected chi connectivity index (χ3v) is 8.61. The van der Waals surface area contributed by atoms with Gasteiger partial charge in [0.25, 0.3) is 0 Å². The second-order valence-corrected chi connectivity index (χ2v) is 10.9. The van der Waals surface area contributed by atoms with Crippen LogP contribution in [0.4, 0.5) is 13.2 Å². The molecule has 3 atom stereocenters. The lowest BCUT2D eigenvalue weighted by atomic mass is 10.1. The van der Waals surface area contributed by atoms with Gasteiger partial charge in [-0.25, -0.2) is 8.42 Å². The molecule has 186 valence electrons. The third-order valence-electron chi connectivity index (χ3n) is 6.38. The minimum Gasteiger partial charge on any atom is -0.481 e. The van der Waals surface area contributed by atoms with Gasteiger partial charge in [0.2, 0.25) is 0 Å². The summed E-state index contributed by atoms with van der Waals surface area (Å²) in [5.41, 5.74) is -0.696. The standard InChI is InChI=1S/C22H25F3N2O6S/c1-27-12-14(11-26-27)13-2-3-20(18(8-13)22(23,24)25)34(30,31)16-9-17(21(28)29)19(10-16)33-15-4-6-32-7-5-15/h2-3,8,11-12,15-17,19H,4-7,9-10H2,1H3,(H,28,29)/t16-,17-,19-/m0/s1. The van der Waals surface area contributed by atoms with E-state index in [-0.39, 0.29) is 24.5 Å². The van der Waals surface area contributed by atoms with E-state index in [2.05, 4.69) is 5.10 Å². The van der Waals surface area contributed by atoms with Crippen LogP contribution in [0.3, 0.4) is 0 Å². The zero-order valence-corrected chi connectivity index (χ0v) is 19.2. The molecule has 1 aromatic heterocycles. The van der Waals surface area contributed by atoms with Crippen molar-refractivity contribution in [3.63, 3.8) is 0 Å². The number of aliphatic carboxylic acids is 1. The van der Waals surface area contributed by atoms with E-state index in [1.807, 2.05) is 0 Å². The molecule has 1 saturated carbocycles. The summed E-state index contributed by atoms with van der Waals surface area (Å²) in [5.74, 6) is -2.34. The number of carbonyl (C=O) groups is 1. The molecule has 0 amide bonds. The average Bonchev–Trinajstić information content (AvgIpc) is 3.40. The van der Waals surface area contributed by atoms with Crippen molar-refractivity contribution in [3.05, 3.63) is 36.2 Å². The molecule has 0 spiro atoms. The summed E-state index contributed by atoms with van der Waals surface area (Å²) in [4.78, 5) is 11.0. The highest BCUT2D eigenvalue weighted by atomic mass is 32.2. The first kappa shape index (κ1) is 24.7. The zero-order valence-electron chi connectivity index (χ0n) is 18.4. The van der Waals surface area contributed by atoms with Crippen molar-refractivity contribution in [1.29, 1.82) is 0 Å². The number of hydrogen-bond donors (Lipinski definition) is 1. The number of sulfone groups is 1. The third kappa shape index (κ3) is 4.98. The molecule has 1 aromatic carbocycles. The van der Waals surface area contributed by atoms with E-state index >= 15 is 0 Å². The summed E-state index contributed by atoms with van der Waals surface area (Å²) >= 11 is 0. The SMILES string of the molecule is Cn1cc(-c2ccc(S(=O)(=O)[C@@H]3C[C@H](OC4CCOCC4)[C@@H](C(=O)O)C3)c(C(F)(F)F)c2)cn1. The van der Waals surface area contributed by atoms with Crippen molar-refractivity contribution < 1.29 is 41.0 Å². The number of alkyl halides is 3. The van der Waals surface area contributed by atoms with Gasteiger partial charge < -0.3 is 14.6 Å². The number of ether oxygens (including phenoxy) is 2. The first-order valence-corrected chi connectivity index (χ1v) is 12.4. The van der Waals surface area contributed by atoms with E-state index in [9.17, 15) is 31.5 Å². The molecular formula is C22H25F3N2O6S. The highest BCUT2D eigenvalue weighted by molar-refractivity contribution is 7.92. The second kappa shape index (κ2) is 9.31. The van der Waals surface area contributed by atoms with Gasteiger partial charge in [-0.1, -0.05) is 6.07 Å². The maximum absolute atomic E-state index is 13.9. The molecule has 1 aliphatic carbocycles. The monoisotopic (exact) mass is 502 g/mol. The fourth-order valence-corrected chi connectivity index (χ4v) is 6.61. The molecule has 2 heterocycles. The number of aromatic nitrogens is 2. The van der Waals surface area contributed by atoms with Gasteiger partial charge in [0, 0.05) is 32.0 Å². The van der Waals surface area contributed by atoms with Crippen molar-refractivity contribution in [1.82, 2.24) is 9.78 Å². The fraction of sp³-hybridized carbons (Fsp3) is 0.545. The molecule has 1 saturated heterocycles. The number of benzene rings is 1. The Morgan fingerprint density at radius 1 is 1.21 bits per heavy atom. The second-order valence-electron chi connectivity index (χ2n) is 8.68. The minimum absolute atomic E-state index is 0.176. The molecule has 0 bridgehead atoms. The molecule has 12 heteroatoms. The van der Waals surface area contributed by atoms with Crippen molar-refractivity contribution in [2.45, 2.75) is 54.2 Å². The van der Waals surface area contributed by atoms with Gasteiger partial charge in [-0.15, -0.1) is 0 Å². The smallest absolute Gasteiger partial charge is 0.417 e. The predicted octanol–water partition coefficient (Wildman–Crippen LogP) is 3.31. The highest BCUT2D eigenvalue weighted by Gasteiger charge is 2.48. The zero-order chi connectivity index (χ0) is 24.7. The molecule has 4 rings (SSSR count). The van der Waals surface area contributed by atoms with Crippen molar-refractivity contribution in [2.75, 3.05) is 13.2 Å². The minimum atomic E-state index is -4.93. The fourth-order valence-electron chi connectivity index (χ4n) is 4.61. The molecule has 1 aliphatic heterocycles. The van der Waals surface area contributed by atoms with Crippen LogP contribution in [-0.4, -0.2) is 59.9 Å². The van der Waals surface area contributed by atoms with Crippen LogP contribution < -0.4 is 0 Å². The van der Waals surface area contributed by atoms with Crippen molar-refractivity contribution >= 4 is 15.8 Å². The molecule has 8 nitrogen and oxygen atoms in total. The molecule has 2 aromatic rings. The van der Waals surface area contributed by atoms with Gasteiger partial charge in [0.15, 0.2) is 9.84 Å². The van der Waals surface area contributed by atoms with Crippen molar-refractivity contribution in [2.24, 2.45) is 13.0 Å². The Balaban J connectivity index is 1.65. The first-order chi connectivity index (χ1) is 16.0. The number of carboxylic acids is 1. The molecule has 2 aliphatic rings. The van der Waals surface area contributed by atoms with Gasteiger partial charge in [0.05, 0.1) is 40.0 Å². The number of aryl methyl sites for hydroxylation is 1. The van der Waals surface area contributed by atoms with Crippen molar-refractivity contribution in [3.8, 4) is 11.1 Å². The first-order valence-electron chi connectivity index (χ1n) is 10.9. The van der Waals surface area contributed by atoms with E-state index in [4.69, 9.17) is 9.47 Å². The van der Waals surface area contributed by atoms with Gasteiger partial charge in [-0.3, -0.25) is 9.48 Å². The Labute approximate surface area is 194 Å². The van der Waals surface area contributed by atoms with Gasteiger partial charge in [0.1, 0.15) is 0 Å². The Bertz CT molecular complexity index is 1160. The van der Waals surface area contributed by atoms with E-state index in [1.54, 1.807) is 7.05 Å². The Kier molecular flexibility index (Phi) is 6.76. The summed E-state index contributed by atoms with van der Waals surface area (Å²) < 4.78 is 81.2. The quantitative estimate of drug-likeness (QED) is 0.646. The predicted molar refractivity (Wildman–Crippen MR) is 114 cm³/mol. The molecule has 34 heavy (non-hydrogen) atoms. The molecular weight excluding hydrogens is 477 g/mol. The van der Waals surface area contributed by atoms with Crippen LogP contribution in [0.25, 0.3) is 11.1 Å². The van der Waals surface area contributed by atoms with Crippen LogP contribution >= 0.6 is 0 Å². The lowest BCUT2D eigenvalue weighted by Gasteiger charge is -2.27. The number of rotatable bonds is 6. The molecule has 2 fully saturated rings. The number of nitrogens with zero attached hydrogens (tertiary/aromatic N) is 2. The maximum atomic E-state index is 13.9. The lowest BCUT2D eigenvalue weighted by molar-refractivity contribution is -0.149. The van der Waals surface area contributed by atoms with Gasteiger partial charge in [-0.05, 0) is 43.4 Å². The van der Waals surface area contributed by atoms with Crippen LogP contribution in [0.1, 0.15) is 31.2 Å². The highest BCUT2D eigenvalue weighted by Crippen LogP contribution is 2.42. The van der Waals surface area contributed by atoms with E-state index < -0.39 is 49.7 Å². The summed E-state index contributed by atoms with van der Waals surface area (Å²) in [6, 6.07) is 3.05. The van der Waals surface area contributed by atoms with Crippen LogP contribution in [-0.2, 0) is 37.3 Å². The summed E-state index contributed by atoms with van der Waals surface area (Å²) in [7, 11) is -2.88. The van der Waals surface area contributed by atoms with Crippen LogP contribution in [0.5, 0.6) is 0 Å². The number of halogens is 3. The normalized spacial score (nSPS) is 24.4. The average molecular weight is 503 g/mol. The number of hydrogen-bond acceptors (Lipinski definition) is 6. The number of carboxylic acid groups (broad SMARTS) is 1. The van der Waals surface area contributed by atoms with Crippen LogP contribution in [0.15, 0.2) is 35.5 Å². The van der Waals surface area contributed by atoms with Crippen LogP contribution in [0, 0.1) is 5.92 Å². The molecule has 0 unspecified atom stereocenters. The van der Waals surface area contributed by atoms with E-state index in [0.29, 0.717) is 31.6 Å². The van der Waals surface area contributed by atoms with E-state index in [0.717, 1.165) is 12.1 Å². The Morgan fingerprint density at radius 2 is 1.91 bits per heavy atom. The summed E-state index contributed by atoms with van der Waals surface area (Å²) in [6.45, 7) is 0.907.